The Kier molecular flexibility index (Phi) is 4.55. The zero-order valence-electron chi connectivity index (χ0n) is 20.6. The van der Waals surface area contributed by atoms with Crippen molar-refractivity contribution in [3.05, 3.63) is 134 Å². The van der Waals surface area contributed by atoms with E-state index >= 15 is 0 Å². The molecular formula is C36H22N2. The van der Waals surface area contributed by atoms with Crippen LogP contribution in [-0.4, -0.2) is 9.97 Å². The number of fused-ring (bicyclic) bond motifs is 11. The van der Waals surface area contributed by atoms with Crippen molar-refractivity contribution in [2.75, 3.05) is 0 Å². The van der Waals surface area contributed by atoms with Crippen molar-refractivity contribution < 1.29 is 0 Å². The first kappa shape index (κ1) is 21.0. The summed E-state index contributed by atoms with van der Waals surface area (Å²) in [4.78, 5) is 9.09. The molecule has 1 aromatic heterocycles. The lowest BCUT2D eigenvalue weighted by molar-refractivity contribution is 1.18. The zero-order valence-corrected chi connectivity index (χ0v) is 20.6. The summed E-state index contributed by atoms with van der Waals surface area (Å²) in [5.41, 5.74) is 3.48. The van der Waals surface area contributed by atoms with Crippen LogP contribution < -0.4 is 0 Å². The minimum absolute atomic E-state index is 0.743. The smallest absolute Gasteiger partial charge is 0.159 e. The number of hydrogen-bond acceptors (Lipinski definition) is 2. The van der Waals surface area contributed by atoms with E-state index in [0.717, 1.165) is 11.4 Å². The molecule has 0 spiro atoms. The van der Waals surface area contributed by atoms with E-state index in [2.05, 4.69) is 125 Å². The Morgan fingerprint density at radius 3 is 1.39 bits per heavy atom. The average molecular weight is 483 g/mol. The second-order valence-electron chi connectivity index (χ2n) is 9.80. The lowest BCUT2D eigenvalue weighted by Crippen LogP contribution is -1.91. The van der Waals surface area contributed by atoms with Gasteiger partial charge in [-0.05, 0) is 83.2 Å². The minimum Gasteiger partial charge on any atom is -0.237 e. The molecule has 0 unspecified atom stereocenters. The highest BCUT2D eigenvalue weighted by Crippen LogP contribution is 2.45. The van der Waals surface area contributed by atoms with Gasteiger partial charge in [0, 0.05) is 18.0 Å². The summed E-state index contributed by atoms with van der Waals surface area (Å²) in [5, 5.41) is 12.7. The van der Waals surface area contributed by atoms with E-state index in [-0.39, 0.29) is 0 Å². The lowest BCUT2D eigenvalue weighted by Gasteiger charge is -2.17. The molecule has 0 saturated heterocycles. The molecule has 0 N–H and O–H groups in total. The molecule has 2 nitrogen and oxygen atoms in total. The summed E-state index contributed by atoms with van der Waals surface area (Å²) >= 11 is 0. The van der Waals surface area contributed by atoms with Gasteiger partial charge in [0.2, 0.25) is 0 Å². The summed E-state index contributed by atoms with van der Waals surface area (Å²) in [6.45, 7) is 0. The number of aromatic nitrogens is 2. The van der Waals surface area contributed by atoms with Gasteiger partial charge in [-0.25, -0.2) is 9.97 Å². The number of hydrogen-bond donors (Lipinski definition) is 0. The molecule has 7 aromatic carbocycles. The van der Waals surface area contributed by atoms with E-state index in [4.69, 9.17) is 0 Å². The van der Waals surface area contributed by atoms with Crippen LogP contribution in [0.25, 0.3) is 76.4 Å². The Hall–Kier alpha value is -5.08. The van der Waals surface area contributed by atoms with Gasteiger partial charge in [0.25, 0.3) is 0 Å². The third-order valence-electron chi connectivity index (χ3n) is 7.73. The maximum atomic E-state index is 4.54. The van der Waals surface area contributed by atoms with Gasteiger partial charge in [-0.15, -0.1) is 0 Å². The van der Waals surface area contributed by atoms with E-state index in [1.54, 1.807) is 12.4 Å². The molecule has 176 valence electrons. The molecule has 0 aliphatic heterocycles. The van der Waals surface area contributed by atoms with Gasteiger partial charge in [0.15, 0.2) is 5.82 Å². The zero-order chi connectivity index (χ0) is 25.1. The van der Waals surface area contributed by atoms with Gasteiger partial charge in [-0.3, -0.25) is 0 Å². The van der Waals surface area contributed by atoms with E-state index in [0.29, 0.717) is 0 Å². The van der Waals surface area contributed by atoms with Crippen LogP contribution in [0.1, 0.15) is 0 Å². The molecule has 8 rings (SSSR count). The molecular weight excluding hydrogens is 460 g/mol. The number of nitrogens with zero attached hydrogens (tertiary/aromatic N) is 2. The monoisotopic (exact) mass is 482 g/mol. The number of rotatable bonds is 2. The topological polar surface area (TPSA) is 25.8 Å². The Bertz CT molecular complexity index is 2010. The summed E-state index contributed by atoms with van der Waals surface area (Å²) in [5.74, 6) is 0.743. The van der Waals surface area contributed by atoms with Crippen molar-refractivity contribution in [2.24, 2.45) is 0 Å². The van der Waals surface area contributed by atoms with Crippen LogP contribution in [0.5, 0.6) is 0 Å². The van der Waals surface area contributed by atoms with E-state index in [1.807, 2.05) is 6.07 Å². The van der Waals surface area contributed by atoms with E-state index < -0.39 is 0 Å². The second-order valence-corrected chi connectivity index (χ2v) is 9.80. The van der Waals surface area contributed by atoms with Crippen molar-refractivity contribution in [3.8, 4) is 22.5 Å². The van der Waals surface area contributed by atoms with Gasteiger partial charge in [-0.1, -0.05) is 103 Å². The molecule has 0 atom stereocenters. The first-order valence-electron chi connectivity index (χ1n) is 12.9. The fourth-order valence-electron chi connectivity index (χ4n) is 6.07. The Labute approximate surface area is 219 Å². The summed E-state index contributed by atoms with van der Waals surface area (Å²) in [7, 11) is 0. The van der Waals surface area contributed by atoms with Gasteiger partial charge < -0.3 is 0 Å². The van der Waals surface area contributed by atoms with Crippen molar-refractivity contribution in [3.63, 3.8) is 0 Å². The van der Waals surface area contributed by atoms with Crippen LogP contribution in [0.2, 0.25) is 0 Å². The normalized spacial score (nSPS) is 11.7. The molecule has 0 bridgehead atoms. The largest absolute Gasteiger partial charge is 0.237 e. The molecule has 0 saturated carbocycles. The van der Waals surface area contributed by atoms with Gasteiger partial charge in [0.05, 0.1) is 0 Å². The first-order valence-corrected chi connectivity index (χ1v) is 12.9. The van der Waals surface area contributed by atoms with Gasteiger partial charge >= 0.3 is 0 Å². The summed E-state index contributed by atoms with van der Waals surface area (Å²) in [6, 6.07) is 43.7. The van der Waals surface area contributed by atoms with Crippen LogP contribution in [-0.2, 0) is 0 Å². The molecule has 0 amide bonds. The Morgan fingerprint density at radius 2 is 0.789 bits per heavy atom. The third kappa shape index (κ3) is 3.07. The van der Waals surface area contributed by atoms with E-state index in [1.165, 1.54) is 65.0 Å². The SMILES string of the molecule is c1ccc(-c2ccc3c4ccc(-c5ncccn5)cc4c4c5ccccc5c5ccccc5c4c3c2)cc1. The Balaban J connectivity index is 1.64. The van der Waals surface area contributed by atoms with Crippen LogP contribution in [0, 0.1) is 0 Å². The highest BCUT2D eigenvalue weighted by molar-refractivity contribution is 6.39. The Morgan fingerprint density at radius 1 is 0.316 bits per heavy atom. The molecule has 0 aliphatic rings. The predicted octanol–water partition coefficient (Wildman–Crippen LogP) is 9.58. The molecule has 0 aliphatic carbocycles. The molecule has 8 aromatic rings. The maximum absolute atomic E-state index is 4.54. The molecule has 2 heteroatoms. The minimum atomic E-state index is 0.743. The molecule has 1 heterocycles. The average Bonchev–Trinajstić information content (AvgIpc) is 3.01. The van der Waals surface area contributed by atoms with Crippen LogP contribution in [0.4, 0.5) is 0 Å². The van der Waals surface area contributed by atoms with Crippen molar-refractivity contribution >= 4 is 53.9 Å². The third-order valence-corrected chi connectivity index (χ3v) is 7.73. The van der Waals surface area contributed by atoms with Crippen molar-refractivity contribution in [1.82, 2.24) is 9.97 Å². The molecule has 38 heavy (non-hydrogen) atoms. The quantitative estimate of drug-likeness (QED) is 0.229. The summed E-state index contributed by atoms with van der Waals surface area (Å²) in [6.07, 6.45) is 3.61. The van der Waals surface area contributed by atoms with Crippen LogP contribution in [0.15, 0.2) is 134 Å². The fourth-order valence-corrected chi connectivity index (χ4v) is 6.07. The molecule has 0 fully saturated rings. The van der Waals surface area contributed by atoms with E-state index in [9.17, 15) is 0 Å². The molecule has 0 radical (unpaired) electrons. The van der Waals surface area contributed by atoms with Crippen molar-refractivity contribution in [2.45, 2.75) is 0 Å². The van der Waals surface area contributed by atoms with Gasteiger partial charge in [-0.2, -0.15) is 0 Å². The van der Waals surface area contributed by atoms with Gasteiger partial charge in [0.1, 0.15) is 0 Å². The number of benzene rings is 7. The first-order chi connectivity index (χ1) is 18.9. The maximum Gasteiger partial charge on any atom is 0.159 e. The highest BCUT2D eigenvalue weighted by Gasteiger charge is 2.17. The predicted molar refractivity (Wildman–Crippen MR) is 160 cm³/mol. The lowest BCUT2D eigenvalue weighted by atomic mass is 9.86. The van der Waals surface area contributed by atoms with Crippen LogP contribution >= 0.6 is 0 Å². The van der Waals surface area contributed by atoms with Crippen molar-refractivity contribution in [1.29, 1.82) is 0 Å². The van der Waals surface area contributed by atoms with Crippen LogP contribution in [0.3, 0.4) is 0 Å². The highest BCUT2D eigenvalue weighted by atomic mass is 14.8. The summed E-state index contributed by atoms with van der Waals surface area (Å²) < 4.78 is 0. The standard InChI is InChI=1S/C36H22N2/c1-2-9-23(10-3-1)24-15-17-28-29-18-16-25(36-37-19-8-20-38-36)22-33(29)35-31-14-7-5-12-27(31)26-11-4-6-13-30(26)34(35)32(28)21-24/h1-22H. The second kappa shape index (κ2) is 8.22. The fraction of sp³-hybridized carbons (Fsp3) is 0.